The standard InChI is InChI=1S/C38H48N8O5.3ClH/c1-26-12-15-32(34(23-26)51-22-7-6-9-28(25-47)46-20-18-43(2)19-21-46)45(4)37(49)27-13-14-30(33(24-27)50-5)40-36(48)29-10-8-11-31-35(29)42-38(41-31)44(3)17-16-39;;;/h8,10-15,23-24H,6-7,9,16-22,39H2,1-5H3,(H,40,48)(H,41,42);3*1H. The Morgan fingerprint density at radius 2 is 1.74 bits per heavy atom. The molecule has 1 aromatic heterocycles. The number of fused-ring (bicyclic) bond motifs is 1. The van der Waals surface area contributed by atoms with Crippen molar-refractivity contribution in [3.05, 3.63) is 77.0 Å². The van der Waals surface area contributed by atoms with E-state index in [4.69, 9.17) is 15.2 Å². The summed E-state index contributed by atoms with van der Waals surface area (Å²) in [5.41, 5.74) is 10.5. The van der Waals surface area contributed by atoms with Gasteiger partial charge in [0, 0.05) is 58.9 Å². The molecule has 54 heavy (non-hydrogen) atoms. The number of nitrogens with two attached hydrogens (primary N) is 1. The van der Waals surface area contributed by atoms with Gasteiger partial charge in [-0.1, -0.05) is 12.1 Å². The molecule has 0 spiro atoms. The summed E-state index contributed by atoms with van der Waals surface area (Å²) in [6.45, 7) is 7.03. The van der Waals surface area contributed by atoms with Gasteiger partial charge in [0.15, 0.2) is 0 Å². The Morgan fingerprint density at radius 1 is 1.00 bits per heavy atom. The van der Waals surface area contributed by atoms with E-state index in [2.05, 4.69) is 38.1 Å². The number of benzene rings is 3. The van der Waals surface area contributed by atoms with Gasteiger partial charge in [-0.3, -0.25) is 9.59 Å². The van der Waals surface area contributed by atoms with Gasteiger partial charge in [0.1, 0.15) is 23.0 Å². The number of nitrogens with one attached hydrogen (secondary N) is 2. The molecule has 2 amide bonds. The molecule has 1 aliphatic heterocycles. The summed E-state index contributed by atoms with van der Waals surface area (Å²) in [5.74, 6) is 3.05. The van der Waals surface area contributed by atoms with Gasteiger partial charge in [0.05, 0.1) is 41.9 Å². The molecule has 0 atom stereocenters. The second-order valence-electron chi connectivity index (χ2n) is 12.8. The fourth-order valence-electron chi connectivity index (χ4n) is 6.04. The lowest BCUT2D eigenvalue weighted by molar-refractivity contribution is 0.0990. The van der Waals surface area contributed by atoms with Crippen molar-refractivity contribution in [2.45, 2.75) is 26.2 Å². The number of aromatic nitrogens is 2. The Kier molecular flexibility index (Phi) is 18.1. The number of rotatable bonds is 15. The number of aryl methyl sites for hydroxylation is 1. The molecule has 294 valence electrons. The molecule has 0 unspecified atom stereocenters. The van der Waals surface area contributed by atoms with Crippen LogP contribution in [0.15, 0.2) is 60.3 Å². The number of halogens is 3. The molecule has 2 heterocycles. The number of imidazole rings is 1. The van der Waals surface area contributed by atoms with E-state index in [-0.39, 0.29) is 49.0 Å². The first-order chi connectivity index (χ1) is 24.6. The minimum Gasteiger partial charge on any atom is -0.495 e. The Morgan fingerprint density at radius 3 is 2.43 bits per heavy atom. The van der Waals surface area contributed by atoms with E-state index in [0.29, 0.717) is 71.6 Å². The molecule has 13 nitrogen and oxygen atoms in total. The molecule has 0 aliphatic carbocycles. The number of piperazine rings is 1. The Bertz CT molecular complexity index is 1910. The lowest BCUT2D eigenvalue weighted by atomic mass is 10.1. The second kappa shape index (κ2) is 21.4. The van der Waals surface area contributed by atoms with Crippen molar-refractivity contribution in [2.75, 3.05) is 89.2 Å². The number of hydrogen-bond acceptors (Lipinski definition) is 10. The van der Waals surface area contributed by atoms with Crippen LogP contribution < -0.4 is 30.3 Å². The van der Waals surface area contributed by atoms with E-state index in [0.717, 1.165) is 55.8 Å². The molecule has 1 aliphatic rings. The highest BCUT2D eigenvalue weighted by Crippen LogP contribution is 2.32. The van der Waals surface area contributed by atoms with Crippen LogP contribution in [-0.4, -0.2) is 112 Å². The van der Waals surface area contributed by atoms with Crippen molar-refractivity contribution in [3.8, 4) is 11.5 Å². The molecular weight excluding hydrogens is 755 g/mol. The number of carbonyl (C=O) groups excluding carboxylic acids is 3. The zero-order valence-corrected chi connectivity index (χ0v) is 33.8. The number of nitrogens with zero attached hydrogens (tertiary/aromatic N) is 5. The van der Waals surface area contributed by atoms with E-state index >= 15 is 0 Å². The second-order valence-corrected chi connectivity index (χ2v) is 12.8. The van der Waals surface area contributed by atoms with Crippen LogP contribution in [-0.2, 0) is 4.79 Å². The van der Waals surface area contributed by atoms with Gasteiger partial charge >= 0.3 is 0 Å². The average Bonchev–Trinajstić information content (AvgIpc) is 3.58. The van der Waals surface area contributed by atoms with Crippen molar-refractivity contribution in [1.29, 1.82) is 0 Å². The molecule has 0 radical (unpaired) electrons. The van der Waals surface area contributed by atoms with Gasteiger partial charge in [0.2, 0.25) is 5.95 Å². The first-order valence-electron chi connectivity index (χ1n) is 17.2. The molecule has 1 saturated heterocycles. The number of likely N-dealkylation sites (N-methyl/N-ethyl adjacent to an activating group) is 2. The first-order valence-corrected chi connectivity index (χ1v) is 17.2. The molecule has 3 aromatic carbocycles. The van der Waals surface area contributed by atoms with Gasteiger partial charge in [-0.25, -0.2) is 9.78 Å². The van der Waals surface area contributed by atoms with E-state index < -0.39 is 0 Å². The fourth-order valence-corrected chi connectivity index (χ4v) is 6.04. The maximum Gasteiger partial charge on any atom is 0.258 e. The normalized spacial score (nSPS) is 12.4. The largest absolute Gasteiger partial charge is 0.495 e. The number of allylic oxidation sites excluding steroid dienone is 1. The maximum absolute atomic E-state index is 13.8. The molecular formula is C38H51Cl3N8O5. The number of para-hydroxylation sites is 1. The molecule has 0 bridgehead atoms. The molecule has 0 saturated carbocycles. The van der Waals surface area contributed by atoms with E-state index in [1.807, 2.05) is 43.1 Å². The van der Waals surface area contributed by atoms with Crippen LogP contribution in [0.5, 0.6) is 11.5 Å². The Balaban J connectivity index is 0.00000336. The SMILES string of the molecule is COc1cc(C(=O)N(C)c2ccc(C)cc2OCCCCC(=C=O)N2CCN(C)CC2)ccc1NC(=O)c1cccc2[nH]c(N(C)CCN)nc12.Cl.Cl.Cl. The lowest BCUT2D eigenvalue weighted by Crippen LogP contribution is -2.44. The van der Waals surface area contributed by atoms with E-state index in [1.165, 1.54) is 7.11 Å². The average molecular weight is 806 g/mol. The molecule has 5 rings (SSSR count). The summed E-state index contributed by atoms with van der Waals surface area (Å²) in [5, 5.41) is 2.92. The lowest BCUT2D eigenvalue weighted by Gasteiger charge is -2.34. The number of unbranched alkanes of at least 4 members (excludes halogenated alkanes) is 1. The smallest absolute Gasteiger partial charge is 0.258 e. The molecule has 4 aromatic rings. The molecule has 4 N–H and O–H groups in total. The van der Waals surface area contributed by atoms with Crippen LogP contribution in [0.4, 0.5) is 17.3 Å². The number of amides is 2. The van der Waals surface area contributed by atoms with Gasteiger partial charge in [-0.15, -0.1) is 37.2 Å². The number of anilines is 3. The summed E-state index contributed by atoms with van der Waals surface area (Å²) in [7, 11) is 7.15. The third-order valence-electron chi connectivity index (χ3n) is 9.12. The predicted octanol–water partition coefficient (Wildman–Crippen LogP) is 5.58. The van der Waals surface area contributed by atoms with Crippen molar-refractivity contribution >= 4 is 83.3 Å². The van der Waals surface area contributed by atoms with Crippen LogP contribution in [0.2, 0.25) is 0 Å². The highest BCUT2D eigenvalue weighted by Gasteiger charge is 2.22. The highest BCUT2D eigenvalue weighted by molar-refractivity contribution is 6.13. The molecule has 1 fully saturated rings. The quantitative estimate of drug-likeness (QED) is 0.103. The first kappa shape index (κ1) is 45.7. The Labute approximate surface area is 335 Å². The van der Waals surface area contributed by atoms with Crippen LogP contribution in [0.25, 0.3) is 11.0 Å². The number of methoxy groups -OCH3 is 1. The van der Waals surface area contributed by atoms with Crippen molar-refractivity contribution < 1.29 is 23.9 Å². The predicted molar refractivity (Wildman–Crippen MR) is 223 cm³/mol. The Hall–Kier alpha value is -4.49. The van der Waals surface area contributed by atoms with Crippen LogP contribution in [0.1, 0.15) is 45.5 Å². The highest BCUT2D eigenvalue weighted by atomic mass is 35.5. The summed E-state index contributed by atoms with van der Waals surface area (Å²) in [6, 6.07) is 16.0. The summed E-state index contributed by atoms with van der Waals surface area (Å²) in [4.78, 5) is 54.6. The van der Waals surface area contributed by atoms with Crippen LogP contribution in [0.3, 0.4) is 0 Å². The fraction of sp³-hybridized carbons (Fsp3) is 0.395. The van der Waals surface area contributed by atoms with Crippen LogP contribution >= 0.6 is 37.2 Å². The monoisotopic (exact) mass is 804 g/mol. The number of carbonyl (C=O) groups is 2. The minimum atomic E-state index is -0.367. The topological polar surface area (TPSA) is 149 Å². The number of H-pyrrole nitrogens is 1. The third-order valence-corrected chi connectivity index (χ3v) is 9.12. The van der Waals surface area contributed by atoms with Crippen molar-refractivity contribution in [3.63, 3.8) is 0 Å². The van der Waals surface area contributed by atoms with E-state index in [9.17, 15) is 14.4 Å². The van der Waals surface area contributed by atoms with Crippen LogP contribution in [0, 0.1) is 6.92 Å². The van der Waals surface area contributed by atoms with E-state index in [1.54, 1.807) is 42.3 Å². The zero-order valence-electron chi connectivity index (χ0n) is 31.3. The van der Waals surface area contributed by atoms with Crippen molar-refractivity contribution in [1.82, 2.24) is 19.8 Å². The minimum absolute atomic E-state index is 0. The van der Waals surface area contributed by atoms with Gasteiger partial charge < -0.3 is 45.1 Å². The maximum atomic E-state index is 13.8. The van der Waals surface area contributed by atoms with Gasteiger partial charge in [-0.2, -0.15) is 0 Å². The zero-order chi connectivity index (χ0) is 36.5. The summed E-state index contributed by atoms with van der Waals surface area (Å²) < 4.78 is 11.8. The summed E-state index contributed by atoms with van der Waals surface area (Å²) >= 11 is 0. The summed E-state index contributed by atoms with van der Waals surface area (Å²) in [6.07, 6.45) is 2.19. The van der Waals surface area contributed by atoms with Gasteiger partial charge in [0.25, 0.3) is 11.8 Å². The molecule has 16 heteroatoms. The number of ether oxygens (including phenoxy) is 2. The number of hydrogen-bond donors (Lipinski definition) is 3. The van der Waals surface area contributed by atoms with Crippen molar-refractivity contribution in [2.24, 2.45) is 5.73 Å². The number of aromatic amines is 1. The third kappa shape index (κ3) is 11.0. The van der Waals surface area contributed by atoms with Gasteiger partial charge in [-0.05, 0) is 81.3 Å².